The van der Waals surface area contributed by atoms with Gasteiger partial charge in [0, 0.05) is 27.7 Å². The second-order valence-corrected chi connectivity index (χ2v) is 24.2. The first-order valence-corrected chi connectivity index (χ1v) is 28.5. The van der Waals surface area contributed by atoms with Crippen molar-refractivity contribution in [3.63, 3.8) is 0 Å². The van der Waals surface area contributed by atoms with E-state index in [-0.39, 0.29) is 17.4 Å². The Morgan fingerprint density at radius 2 is 0.848 bits per heavy atom. The molecule has 9 fully saturated rings. The molecule has 0 spiro atoms. The number of hydrogen-bond acceptors (Lipinski definition) is 8. The lowest BCUT2D eigenvalue weighted by Gasteiger charge is -2.36. The number of likely N-dealkylation sites (N-methyl/N-ethyl adjacent to an activating group) is 3. The number of thiocarbonyl (C=S) groups is 3. The first-order valence-electron chi connectivity index (χ1n) is 27.2. The fourth-order valence-electron chi connectivity index (χ4n) is 13.8. The molecule has 2 amide bonds. The number of nitrogens with one attached hydrogen (secondary N) is 6. The number of carbonyl (C=O) groups excluding carboxylic acids is 2. The Kier molecular flexibility index (Phi) is 19.7. The minimum atomic E-state index is -0.431. The summed E-state index contributed by atoms with van der Waals surface area (Å²) in [6.45, 7) is 7.75. The van der Waals surface area contributed by atoms with E-state index in [1.807, 2.05) is 14.1 Å². The molecule has 0 radical (unpaired) electrons. The molecule has 14 heteroatoms. The van der Waals surface area contributed by atoms with Gasteiger partial charge in [-0.05, 0) is 195 Å². The van der Waals surface area contributed by atoms with E-state index in [2.05, 4.69) is 43.8 Å². The summed E-state index contributed by atoms with van der Waals surface area (Å²) in [4.78, 5) is 31.3. The Balaban J connectivity index is 0.000000147. The van der Waals surface area contributed by atoms with Crippen molar-refractivity contribution in [1.82, 2.24) is 46.6 Å². The standard InChI is InChI=1S/C18H33N3S.2C17H29N3OS/c1-21-14-18(20-17(21)22,12-16-8-5-11-19-13-16)10-9-15-6-3-2-4-7-15;2*1-20-15(21)17(19-16(20)22,11-14-8-10-18-12-14)9-7-13-5-3-2-4-6-13/h15-16,19H,2-14H2,1H3,(H,20,22);2*13-14,18H,2-12H2,1H3,(H,19,22)/t16-,18+;14-,17+;14-,17-/m110/s1. The van der Waals surface area contributed by atoms with E-state index in [9.17, 15) is 9.59 Å². The van der Waals surface area contributed by atoms with Gasteiger partial charge in [-0.1, -0.05) is 96.3 Å². The van der Waals surface area contributed by atoms with Crippen molar-refractivity contribution in [2.24, 2.45) is 35.5 Å². The van der Waals surface area contributed by atoms with Crippen molar-refractivity contribution in [2.75, 3.05) is 67.0 Å². The van der Waals surface area contributed by atoms with Crippen LogP contribution in [0.3, 0.4) is 0 Å². The van der Waals surface area contributed by atoms with Crippen LogP contribution >= 0.6 is 36.7 Å². The van der Waals surface area contributed by atoms with E-state index in [4.69, 9.17) is 36.7 Å². The highest BCUT2D eigenvalue weighted by Gasteiger charge is 2.50. The molecule has 0 bridgehead atoms. The molecule has 0 unspecified atom stereocenters. The summed E-state index contributed by atoms with van der Waals surface area (Å²) in [6.07, 6.45) is 36.0. The van der Waals surface area contributed by atoms with Gasteiger partial charge in [0.15, 0.2) is 15.3 Å². The number of amides is 2. The van der Waals surface area contributed by atoms with Crippen molar-refractivity contribution in [2.45, 2.75) is 196 Å². The maximum atomic E-state index is 12.9. The lowest BCUT2D eigenvalue weighted by Crippen LogP contribution is -2.49. The van der Waals surface area contributed by atoms with E-state index in [1.165, 1.54) is 154 Å². The highest BCUT2D eigenvalue weighted by Crippen LogP contribution is 2.39. The van der Waals surface area contributed by atoms with Crippen LogP contribution in [0.1, 0.15) is 180 Å². The first-order chi connectivity index (χ1) is 31.9. The topological polar surface area (TPSA) is 116 Å². The first kappa shape index (κ1) is 52.1. The molecule has 9 aliphatic rings. The summed E-state index contributed by atoms with van der Waals surface area (Å²) in [5.74, 6) is 4.98. The smallest absolute Gasteiger partial charge is 0.254 e. The Morgan fingerprint density at radius 1 is 0.455 bits per heavy atom. The fourth-order valence-corrected chi connectivity index (χ4v) is 14.6. The third kappa shape index (κ3) is 14.0. The quantitative estimate of drug-likeness (QED) is 0.0891. The molecule has 6 saturated heterocycles. The molecular weight excluding hydrogens is 879 g/mol. The number of rotatable bonds is 15. The molecule has 66 heavy (non-hydrogen) atoms. The summed E-state index contributed by atoms with van der Waals surface area (Å²) in [7, 11) is 5.77. The van der Waals surface area contributed by atoms with Gasteiger partial charge in [-0.25, -0.2) is 0 Å². The average molecular weight is 971 g/mol. The van der Waals surface area contributed by atoms with Crippen molar-refractivity contribution in [3.8, 4) is 0 Å². The van der Waals surface area contributed by atoms with Gasteiger partial charge in [0.25, 0.3) is 11.8 Å². The predicted octanol–water partition coefficient (Wildman–Crippen LogP) is 8.16. The van der Waals surface area contributed by atoms with Gasteiger partial charge >= 0.3 is 0 Å². The van der Waals surface area contributed by atoms with Gasteiger partial charge < -0.3 is 36.8 Å². The van der Waals surface area contributed by atoms with Gasteiger partial charge in [0.1, 0.15) is 11.1 Å². The van der Waals surface area contributed by atoms with Crippen molar-refractivity contribution in [1.29, 1.82) is 0 Å². The molecule has 0 aromatic rings. The molecule has 6 heterocycles. The third-order valence-electron chi connectivity index (χ3n) is 17.8. The molecule has 0 aromatic carbocycles. The van der Waals surface area contributed by atoms with Gasteiger partial charge in [0.2, 0.25) is 0 Å². The zero-order chi connectivity index (χ0) is 46.6. The number of piperidine rings is 1. The zero-order valence-corrected chi connectivity index (χ0v) is 44.0. The molecule has 3 aliphatic carbocycles. The maximum absolute atomic E-state index is 12.9. The van der Waals surface area contributed by atoms with Gasteiger partial charge in [0.05, 0.1) is 5.54 Å². The summed E-state index contributed by atoms with van der Waals surface area (Å²) in [6, 6.07) is 0. The molecule has 9 rings (SSSR count). The zero-order valence-electron chi connectivity index (χ0n) is 41.6. The predicted molar refractivity (Wildman–Crippen MR) is 282 cm³/mol. The van der Waals surface area contributed by atoms with Crippen LogP contribution in [0.5, 0.6) is 0 Å². The highest BCUT2D eigenvalue weighted by molar-refractivity contribution is 7.80. The van der Waals surface area contributed by atoms with Crippen LogP contribution in [0.15, 0.2) is 0 Å². The molecule has 11 nitrogen and oxygen atoms in total. The van der Waals surface area contributed by atoms with Crippen LogP contribution in [-0.4, -0.2) is 125 Å². The molecule has 6 N–H and O–H groups in total. The van der Waals surface area contributed by atoms with E-state index in [0.29, 0.717) is 22.1 Å². The number of nitrogens with zero attached hydrogens (tertiary/aromatic N) is 3. The van der Waals surface area contributed by atoms with E-state index in [1.54, 1.807) is 9.80 Å². The van der Waals surface area contributed by atoms with Crippen LogP contribution in [0.2, 0.25) is 0 Å². The molecular formula is C52H91N9O2S3. The number of hydrogen-bond donors (Lipinski definition) is 6. The number of carbonyl (C=O) groups is 2. The SMILES string of the molecule is CN1C(=O)[C@](CCC2CCCCC2)(C[C@@H]2CCNC2)NC1=S.CN1C(=O)[C@](CCC2CCCCC2)(C[C@H]2CCNC2)NC1=S.CN1C[C@](CCC2CCCCC2)(C[C@H]2CCCNC2)NC1=S. The molecule has 6 atom stereocenters. The van der Waals surface area contributed by atoms with Gasteiger partial charge in [-0.15, -0.1) is 0 Å². The normalized spacial score (nSPS) is 33.7. The van der Waals surface area contributed by atoms with Crippen molar-refractivity contribution >= 4 is 63.8 Å². The Hall–Kier alpha value is -1.71. The lowest BCUT2D eigenvalue weighted by atomic mass is 9.77. The summed E-state index contributed by atoms with van der Waals surface area (Å²) >= 11 is 16.2. The fraction of sp³-hybridized carbons (Fsp3) is 0.904. The van der Waals surface area contributed by atoms with Gasteiger partial charge in [-0.2, -0.15) is 0 Å². The van der Waals surface area contributed by atoms with Crippen LogP contribution < -0.4 is 31.9 Å². The highest BCUT2D eigenvalue weighted by atomic mass is 32.1. The van der Waals surface area contributed by atoms with E-state index >= 15 is 0 Å². The second-order valence-electron chi connectivity index (χ2n) is 23.0. The Morgan fingerprint density at radius 3 is 1.20 bits per heavy atom. The minimum absolute atomic E-state index is 0.195. The monoisotopic (exact) mass is 970 g/mol. The van der Waals surface area contributed by atoms with Crippen LogP contribution in [0.25, 0.3) is 0 Å². The van der Waals surface area contributed by atoms with Crippen molar-refractivity contribution in [3.05, 3.63) is 0 Å². The molecule has 3 saturated carbocycles. The van der Waals surface area contributed by atoms with Crippen LogP contribution in [-0.2, 0) is 9.59 Å². The molecule has 6 aliphatic heterocycles. The van der Waals surface area contributed by atoms with Crippen molar-refractivity contribution < 1.29 is 9.59 Å². The lowest BCUT2D eigenvalue weighted by molar-refractivity contribution is -0.131. The van der Waals surface area contributed by atoms with Crippen LogP contribution in [0.4, 0.5) is 0 Å². The Bertz CT molecular complexity index is 1520. The average Bonchev–Trinajstić information content (AvgIpc) is 4.18. The summed E-state index contributed by atoms with van der Waals surface area (Å²) in [5, 5.41) is 23.2. The van der Waals surface area contributed by atoms with Gasteiger partial charge in [-0.3, -0.25) is 19.4 Å². The second kappa shape index (κ2) is 24.9. The third-order valence-corrected chi connectivity index (χ3v) is 19.0. The molecule has 374 valence electrons. The van der Waals surface area contributed by atoms with E-state index < -0.39 is 11.1 Å². The minimum Gasteiger partial charge on any atom is -0.355 e. The van der Waals surface area contributed by atoms with E-state index in [0.717, 1.165) is 100 Å². The summed E-state index contributed by atoms with van der Waals surface area (Å²) < 4.78 is 0. The van der Waals surface area contributed by atoms with Crippen LogP contribution in [0, 0.1) is 35.5 Å². The summed E-state index contributed by atoms with van der Waals surface area (Å²) in [5.41, 5.74) is -0.618. The molecule has 0 aromatic heterocycles. The maximum Gasteiger partial charge on any atom is 0.254 e. The largest absolute Gasteiger partial charge is 0.355 e. The Labute approximate surface area is 416 Å².